The first-order valence-corrected chi connectivity index (χ1v) is 5.62. The minimum absolute atomic E-state index is 0.0322. The minimum Gasteiger partial charge on any atom is -0.288 e. The largest absolute Gasteiger partial charge is 0.288 e. The molecule has 2 aromatic carbocycles. The molecule has 0 amide bonds. The van der Waals surface area contributed by atoms with Crippen LogP contribution in [-0.2, 0) is 0 Å². The second-order valence-electron chi connectivity index (χ2n) is 4.24. The van der Waals surface area contributed by atoms with E-state index in [0.717, 1.165) is 12.1 Å². The van der Waals surface area contributed by atoms with Crippen LogP contribution < -0.4 is 0 Å². The lowest BCUT2D eigenvalue weighted by Gasteiger charge is -2.02. The lowest BCUT2D eigenvalue weighted by molar-refractivity contribution is -0.388. The van der Waals surface area contributed by atoms with Crippen LogP contribution in [0.15, 0.2) is 36.4 Å². The third-order valence-electron chi connectivity index (χ3n) is 3.22. The second-order valence-corrected chi connectivity index (χ2v) is 4.24. The van der Waals surface area contributed by atoms with Gasteiger partial charge in [0.05, 0.1) is 15.4 Å². The van der Waals surface area contributed by atoms with Gasteiger partial charge < -0.3 is 0 Å². The topological polar surface area (TPSA) is 103 Å². The summed E-state index contributed by atoms with van der Waals surface area (Å²) in [5.41, 5.74) is -0.270. The van der Waals surface area contributed by atoms with Crippen LogP contribution in [-0.4, -0.2) is 15.6 Å². The number of rotatable bonds is 2. The summed E-state index contributed by atoms with van der Waals surface area (Å²) >= 11 is 0. The second kappa shape index (κ2) is 3.95. The van der Waals surface area contributed by atoms with Crippen molar-refractivity contribution in [2.24, 2.45) is 0 Å². The molecule has 0 aliphatic heterocycles. The molecule has 0 heterocycles. The Morgan fingerprint density at radius 3 is 1.80 bits per heavy atom. The van der Waals surface area contributed by atoms with Crippen molar-refractivity contribution in [1.82, 2.24) is 0 Å². The fraction of sp³-hybridized carbons (Fsp3) is 0. The molecule has 0 saturated carbocycles. The SMILES string of the molecule is O=C1c2ccccc2-c2c([N+](=O)[O-])ccc([N+](=O)[O-])c21. The summed E-state index contributed by atoms with van der Waals surface area (Å²) < 4.78 is 0. The van der Waals surface area contributed by atoms with E-state index >= 15 is 0 Å². The molecule has 0 N–H and O–H groups in total. The average Bonchev–Trinajstić information content (AvgIpc) is 2.72. The van der Waals surface area contributed by atoms with Crippen LogP contribution in [0.3, 0.4) is 0 Å². The molecule has 7 heteroatoms. The molecule has 0 unspecified atom stereocenters. The number of hydrogen-bond acceptors (Lipinski definition) is 5. The summed E-state index contributed by atoms with van der Waals surface area (Å²) in [5, 5.41) is 22.1. The third kappa shape index (κ3) is 1.43. The standard InChI is InChI=1S/C13H6N2O5/c16-13-8-4-2-1-3-7(8)11-9(14(17)18)5-6-10(12(11)13)15(19)20/h1-6H. The fourth-order valence-electron chi connectivity index (χ4n) is 2.42. The first-order valence-electron chi connectivity index (χ1n) is 5.62. The van der Waals surface area contributed by atoms with Gasteiger partial charge in [-0.2, -0.15) is 0 Å². The van der Waals surface area contributed by atoms with Crippen molar-refractivity contribution in [1.29, 1.82) is 0 Å². The Bertz CT molecular complexity index is 797. The number of hydrogen-bond donors (Lipinski definition) is 0. The van der Waals surface area contributed by atoms with Gasteiger partial charge in [0.25, 0.3) is 11.4 Å². The van der Waals surface area contributed by atoms with Gasteiger partial charge in [0.15, 0.2) is 0 Å². The Labute approximate surface area is 111 Å². The number of fused-ring (bicyclic) bond motifs is 3. The molecule has 2 aromatic rings. The van der Waals surface area contributed by atoms with Crippen LogP contribution >= 0.6 is 0 Å². The molecule has 3 rings (SSSR count). The lowest BCUT2D eigenvalue weighted by atomic mass is 10.0. The Balaban J connectivity index is 2.46. The molecular formula is C13H6N2O5. The highest BCUT2D eigenvalue weighted by atomic mass is 16.6. The maximum atomic E-state index is 12.3. The van der Waals surface area contributed by atoms with Gasteiger partial charge in [-0.15, -0.1) is 0 Å². The Kier molecular flexibility index (Phi) is 2.37. The number of carbonyl (C=O) groups is 1. The molecule has 0 radical (unpaired) electrons. The molecule has 0 spiro atoms. The van der Waals surface area contributed by atoms with Gasteiger partial charge in [-0.05, 0) is 0 Å². The van der Waals surface area contributed by atoms with Crippen molar-refractivity contribution >= 4 is 17.2 Å². The highest BCUT2D eigenvalue weighted by molar-refractivity contribution is 6.25. The van der Waals surface area contributed by atoms with E-state index in [1.165, 1.54) is 6.07 Å². The number of nitro groups is 2. The summed E-state index contributed by atoms with van der Waals surface area (Å²) in [6.45, 7) is 0. The van der Waals surface area contributed by atoms with Gasteiger partial charge >= 0.3 is 0 Å². The molecular weight excluding hydrogens is 264 g/mol. The zero-order valence-corrected chi connectivity index (χ0v) is 9.90. The van der Waals surface area contributed by atoms with E-state index in [1.54, 1.807) is 18.2 Å². The normalized spacial score (nSPS) is 11.9. The quantitative estimate of drug-likeness (QED) is 0.526. The predicted octanol–water partition coefficient (Wildman–Crippen LogP) is 2.71. The van der Waals surface area contributed by atoms with E-state index in [9.17, 15) is 25.0 Å². The van der Waals surface area contributed by atoms with Crippen LogP contribution in [0.25, 0.3) is 11.1 Å². The van der Waals surface area contributed by atoms with Gasteiger partial charge in [0.1, 0.15) is 5.56 Å². The van der Waals surface area contributed by atoms with Crippen molar-refractivity contribution in [3.63, 3.8) is 0 Å². The summed E-state index contributed by atoms with van der Waals surface area (Å²) in [5.74, 6) is -0.550. The van der Waals surface area contributed by atoms with Crippen LogP contribution in [0.4, 0.5) is 11.4 Å². The summed E-state index contributed by atoms with van der Waals surface area (Å²) in [6, 6.07) is 8.36. The van der Waals surface area contributed by atoms with Crippen molar-refractivity contribution in [2.75, 3.05) is 0 Å². The Morgan fingerprint density at radius 2 is 1.25 bits per heavy atom. The molecule has 7 nitrogen and oxygen atoms in total. The summed E-state index contributed by atoms with van der Waals surface area (Å²) in [7, 11) is 0. The zero-order valence-electron chi connectivity index (χ0n) is 9.90. The summed E-state index contributed by atoms with van der Waals surface area (Å²) in [4.78, 5) is 33.0. The average molecular weight is 270 g/mol. The first-order chi connectivity index (χ1) is 9.52. The molecule has 98 valence electrons. The maximum absolute atomic E-state index is 12.3. The van der Waals surface area contributed by atoms with Gasteiger partial charge in [-0.25, -0.2) is 0 Å². The Morgan fingerprint density at radius 1 is 0.750 bits per heavy atom. The third-order valence-corrected chi connectivity index (χ3v) is 3.22. The Hall–Kier alpha value is -3.09. The maximum Gasteiger partial charge on any atom is 0.281 e. The molecule has 0 aromatic heterocycles. The van der Waals surface area contributed by atoms with E-state index < -0.39 is 21.3 Å². The number of benzene rings is 2. The molecule has 0 bridgehead atoms. The predicted molar refractivity (Wildman–Crippen MR) is 68.6 cm³/mol. The van der Waals surface area contributed by atoms with E-state index in [4.69, 9.17) is 0 Å². The summed E-state index contributed by atoms with van der Waals surface area (Å²) in [6.07, 6.45) is 0. The lowest BCUT2D eigenvalue weighted by Crippen LogP contribution is -2.02. The van der Waals surface area contributed by atoms with Gasteiger partial charge in [-0.3, -0.25) is 25.0 Å². The monoisotopic (exact) mass is 270 g/mol. The highest BCUT2D eigenvalue weighted by Crippen LogP contribution is 2.45. The molecule has 1 aliphatic carbocycles. The number of nitrogens with zero attached hydrogens (tertiary/aromatic N) is 2. The number of carbonyl (C=O) groups excluding carboxylic acids is 1. The van der Waals surface area contributed by atoms with E-state index in [1.807, 2.05) is 0 Å². The smallest absolute Gasteiger partial charge is 0.281 e. The minimum atomic E-state index is -0.702. The molecule has 1 aliphatic rings. The van der Waals surface area contributed by atoms with Crippen LogP contribution in [0.2, 0.25) is 0 Å². The number of nitro benzene ring substituents is 2. The fourth-order valence-corrected chi connectivity index (χ4v) is 2.42. The molecule has 0 atom stereocenters. The molecule has 20 heavy (non-hydrogen) atoms. The van der Waals surface area contributed by atoms with Crippen molar-refractivity contribution in [3.05, 3.63) is 67.8 Å². The molecule has 0 saturated heterocycles. The van der Waals surface area contributed by atoms with E-state index in [2.05, 4.69) is 0 Å². The van der Waals surface area contributed by atoms with Crippen LogP contribution in [0.1, 0.15) is 15.9 Å². The highest BCUT2D eigenvalue weighted by Gasteiger charge is 2.38. The van der Waals surface area contributed by atoms with Gasteiger partial charge in [0.2, 0.25) is 5.78 Å². The van der Waals surface area contributed by atoms with Crippen LogP contribution in [0, 0.1) is 20.2 Å². The van der Waals surface area contributed by atoms with Crippen molar-refractivity contribution < 1.29 is 14.6 Å². The van der Waals surface area contributed by atoms with Crippen molar-refractivity contribution in [2.45, 2.75) is 0 Å². The number of ketones is 1. The molecule has 0 fully saturated rings. The van der Waals surface area contributed by atoms with E-state index in [0.29, 0.717) is 5.56 Å². The van der Waals surface area contributed by atoms with Gasteiger partial charge in [0, 0.05) is 23.3 Å². The van der Waals surface area contributed by atoms with Crippen molar-refractivity contribution in [3.8, 4) is 11.1 Å². The zero-order chi connectivity index (χ0) is 14.4. The van der Waals surface area contributed by atoms with E-state index in [-0.39, 0.29) is 22.4 Å². The van der Waals surface area contributed by atoms with Crippen LogP contribution in [0.5, 0.6) is 0 Å². The first kappa shape index (κ1) is 12.0. The van der Waals surface area contributed by atoms with Gasteiger partial charge in [-0.1, -0.05) is 24.3 Å².